The van der Waals surface area contributed by atoms with E-state index in [9.17, 15) is 9.59 Å². The number of rotatable bonds is 12. The molecule has 1 aliphatic carbocycles. The van der Waals surface area contributed by atoms with Crippen molar-refractivity contribution in [1.29, 1.82) is 0 Å². The first-order valence-corrected chi connectivity index (χ1v) is 11.5. The Labute approximate surface area is 186 Å². The molecular formula is C25H37NO5. The Kier molecular flexibility index (Phi) is 11.0. The summed E-state index contributed by atoms with van der Waals surface area (Å²) in [7, 11) is 1.60. The Morgan fingerprint density at radius 2 is 1.87 bits per heavy atom. The lowest BCUT2D eigenvalue weighted by Gasteiger charge is -2.26. The molecule has 31 heavy (non-hydrogen) atoms. The van der Waals surface area contributed by atoms with Crippen LogP contribution < -0.4 is 14.8 Å². The zero-order valence-electron chi connectivity index (χ0n) is 19.2. The van der Waals surface area contributed by atoms with Crippen LogP contribution in [-0.2, 0) is 14.3 Å². The van der Waals surface area contributed by atoms with E-state index in [-0.39, 0.29) is 17.9 Å². The number of hydrogen-bond acceptors (Lipinski definition) is 5. The molecule has 0 atom stereocenters. The maximum absolute atomic E-state index is 12.2. The quantitative estimate of drug-likeness (QED) is 0.289. The van der Waals surface area contributed by atoms with E-state index >= 15 is 0 Å². The van der Waals surface area contributed by atoms with Gasteiger partial charge in [0.2, 0.25) is 5.91 Å². The number of carbonyl (C=O) groups excluding carboxylic acids is 2. The van der Waals surface area contributed by atoms with Crippen molar-refractivity contribution in [3.8, 4) is 11.5 Å². The first kappa shape index (κ1) is 24.8. The van der Waals surface area contributed by atoms with Gasteiger partial charge in [-0.25, -0.2) is 0 Å². The lowest BCUT2D eigenvalue weighted by molar-refractivity contribution is -0.143. The second kappa shape index (κ2) is 13.7. The molecule has 1 aromatic carbocycles. The van der Waals surface area contributed by atoms with E-state index in [1.807, 2.05) is 25.1 Å². The van der Waals surface area contributed by atoms with Crippen LogP contribution in [0.3, 0.4) is 0 Å². The van der Waals surface area contributed by atoms with Gasteiger partial charge in [-0.3, -0.25) is 9.59 Å². The summed E-state index contributed by atoms with van der Waals surface area (Å²) in [4.78, 5) is 23.5. The van der Waals surface area contributed by atoms with Gasteiger partial charge in [-0.1, -0.05) is 13.0 Å². The van der Waals surface area contributed by atoms with Crippen LogP contribution in [0.4, 0.5) is 0 Å². The Hall–Kier alpha value is -2.50. The van der Waals surface area contributed by atoms with E-state index in [1.165, 1.54) is 12.8 Å². The largest absolute Gasteiger partial charge is 0.493 e. The minimum atomic E-state index is -0.143. The molecule has 6 nitrogen and oxygen atoms in total. The number of carbonyl (C=O) groups is 2. The molecule has 1 amide bonds. The van der Waals surface area contributed by atoms with Crippen LogP contribution in [0.5, 0.6) is 11.5 Å². The fraction of sp³-hybridized carbons (Fsp3) is 0.600. The molecule has 0 aromatic heterocycles. The number of amides is 1. The third kappa shape index (κ3) is 9.45. The van der Waals surface area contributed by atoms with E-state index in [0.29, 0.717) is 31.1 Å². The van der Waals surface area contributed by atoms with Gasteiger partial charge in [-0.05, 0) is 81.6 Å². The molecule has 0 bridgehead atoms. The maximum Gasteiger partial charge on any atom is 0.305 e. The van der Waals surface area contributed by atoms with Crippen molar-refractivity contribution in [3.63, 3.8) is 0 Å². The van der Waals surface area contributed by atoms with E-state index in [4.69, 9.17) is 14.2 Å². The van der Waals surface area contributed by atoms with E-state index < -0.39 is 0 Å². The van der Waals surface area contributed by atoms with Gasteiger partial charge in [-0.2, -0.15) is 0 Å². The van der Waals surface area contributed by atoms with Crippen LogP contribution in [0.25, 0.3) is 6.08 Å². The molecule has 0 heterocycles. The summed E-state index contributed by atoms with van der Waals surface area (Å²) in [6, 6.07) is 5.92. The molecule has 172 valence electrons. The number of benzene rings is 1. The molecule has 0 saturated heterocycles. The molecule has 0 unspecified atom stereocenters. The standard InChI is InChI=1S/C25H37NO5/c1-4-30-25(28)8-6-5-7-17-31-22-15-11-20(18-23(22)29-3)12-16-24(27)26-21-13-9-19(2)10-14-21/h11-12,15-16,18-19,21H,4-10,13-14,17H2,1-3H3,(H,26,27). The number of hydrogen-bond donors (Lipinski definition) is 1. The molecule has 0 spiro atoms. The highest BCUT2D eigenvalue weighted by molar-refractivity contribution is 5.92. The van der Waals surface area contributed by atoms with Crippen molar-refractivity contribution >= 4 is 18.0 Å². The normalized spacial score (nSPS) is 18.5. The number of methoxy groups -OCH3 is 1. The second-order valence-corrected chi connectivity index (χ2v) is 8.17. The van der Waals surface area contributed by atoms with Gasteiger partial charge in [-0.15, -0.1) is 0 Å². The van der Waals surface area contributed by atoms with Gasteiger partial charge >= 0.3 is 5.97 Å². The highest BCUT2D eigenvalue weighted by Crippen LogP contribution is 2.29. The summed E-state index contributed by atoms with van der Waals surface area (Å²) in [6.45, 7) is 5.06. The topological polar surface area (TPSA) is 73.9 Å². The van der Waals surface area contributed by atoms with Crippen molar-refractivity contribution < 1.29 is 23.8 Å². The Morgan fingerprint density at radius 3 is 2.58 bits per heavy atom. The first-order chi connectivity index (χ1) is 15.0. The number of ether oxygens (including phenoxy) is 3. The van der Waals surface area contributed by atoms with Gasteiger partial charge < -0.3 is 19.5 Å². The van der Waals surface area contributed by atoms with E-state index in [0.717, 1.165) is 43.6 Å². The van der Waals surface area contributed by atoms with Gasteiger partial charge in [0.25, 0.3) is 0 Å². The average Bonchev–Trinajstić information content (AvgIpc) is 2.77. The van der Waals surface area contributed by atoms with Gasteiger partial charge in [0.05, 0.1) is 20.3 Å². The minimum Gasteiger partial charge on any atom is -0.493 e. The van der Waals surface area contributed by atoms with Crippen LogP contribution in [-0.4, -0.2) is 38.2 Å². The zero-order valence-corrected chi connectivity index (χ0v) is 19.2. The molecule has 0 radical (unpaired) electrons. The molecule has 6 heteroatoms. The average molecular weight is 432 g/mol. The second-order valence-electron chi connectivity index (χ2n) is 8.17. The molecular weight excluding hydrogens is 394 g/mol. The monoisotopic (exact) mass is 431 g/mol. The van der Waals surface area contributed by atoms with Crippen LogP contribution >= 0.6 is 0 Å². The summed E-state index contributed by atoms with van der Waals surface area (Å²) in [6.07, 6.45) is 10.8. The molecule has 1 saturated carbocycles. The third-order valence-electron chi connectivity index (χ3n) is 5.57. The molecule has 1 fully saturated rings. The Bertz CT molecular complexity index is 723. The summed E-state index contributed by atoms with van der Waals surface area (Å²) >= 11 is 0. The summed E-state index contributed by atoms with van der Waals surface area (Å²) in [5, 5.41) is 3.10. The smallest absolute Gasteiger partial charge is 0.305 e. The van der Waals surface area contributed by atoms with Crippen molar-refractivity contribution in [3.05, 3.63) is 29.8 Å². The van der Waals surface area contributed by atoms with E-state index in [2.05, 4.69) is 12.2 Å². The van der Waals surface area contributed by atoms with E-state index in [1.54, 1.807) is 19.3 Å². The molecule has 0 aliphatic heterocycles. The van der Waals surface area contributed by atoms with Crippen LogP contribution in [0.1, 0.15) is 70.8 Å². The highest BCUT2D eigenvalue weighted by Gasteiger charge is 2.18. The van der Waals surface area contributed by atoms with Gasteiger partial charge in [0.15, 0.2) is 11.5 Å². The summed E-state index contributed by atoms with van der Waals surface area (Å²) < 4.78 is 16.2. The first-order valence-electron chi connectivity index (χ1n) is 11.5. The highest BCUT2D eigenvalue weighted by atomic mass is 16.5. The fourth-order valence-corrected chi connectivity index (χ4v) is 3.70. The Balaban J connectivity index is 1.75. The fourth-order valence-electron chi connectivity index (χ4n) is 3.70. The molecule has 1 N–H and O–H groups in total. The van der Waals surface area contributed by atoms with Crippen molar-refractivity contribution in [2.45, 2.75) is 71.3 Å². The number of esters is 1. The molecule has 1 aromatic rings. The zero-order chi connectivity index (χ0) is 22.5. The van der Waals surface area contributed by atoms with Crippen molar-refractivity contribution in [2.75, 3.05) is 20.3 Å². The van der Waals surface area contributed by atoms with Crippen LogP contribution in [0.2, 0.25) is 0 Å². The van der Waals surface area contributed by atoms with Gasteiger partial charge in [0.1, 0.15) is 0 Å². The predicted octanol–water partition coefficient (Wildman–Crippen LogP) is 4.91. The van der Waals surface area contributed by atoms with Crippen molar-refractivity contribution in [2.24, 2.45) is 5.92 Å². The van der Waals surface area contributed by atoms with Gasteiger partial charge in [0, 0.05) is 18.5 Å². The summed E-state index contributed by atoms with van der Waals surface area (Å²) in [5.74, 6) is 1.88. The maximum atomic E-state index is 12.2. The molecule has 1 aliphatic rings. The molecule has 2 rings (SSSR count). The van der Waals surface area contributed by atoms with Crippen LogP contribution in [0, 0.1) is 5.92 Å². The lowest BCUT2D eigenvalue weighted by atomic mass is 9.87. The SMILES string of the molecule is CCOC(=O)CCCCCOc1ccc(C=CC(=O)NC2CCC(C)CC2)cc1OC. The van der Waals surface area contributed by atoms with Crippen molar-refractivity contribution in [1.82, 2.24) is 5.32 Å². The summed E-state index contributed by atoms with van der Waals surface area (Å²) in [5.41, 5.74) is 0.881. The predicted molar refractivity (Wildman–Crippen MR) is 122 cm³/mol. The number of unbranched alkanes of at least 4 members (excludes halogenated alkanes) is 2. The lowest BCUT2D eigenvalue weighted by Crippen LogP contribution is -2.36. The third-order valence-corrected chi connectivity index (χ3v) is 5.57. The van der Waals surface area contributed by atoms with Crippen LogP contribution in [0.15, 0.2) is 24.3 Å². The number of nitrogens with one attached hydrogen (secondary N) is 1. The Morgan fingerprint density at radius 1 is 1.10 bits per heavy atom. The minimum absolute atomic E-state index is 0.0540.